The smallest absolute Gasteiger partial charge is 0.0406 e. The molecule has 0 spiro atoms. The van der Waals surface area contributed by atoms with Crippen molar-refractivity contribution in [1.29, 1.82) is 0 Å². The Kier molecular flexibility index (Phi) is 7.80. The zero-order valence-corrected chi connectivity index (χ0v) is 13.2. The van der Waals surface area contributed by atoms with Gasteiger partial charge >= 0.3 is 0 Å². The minimum absolute atomic E-state index is 0.602. The summed E-state index contributed by atoms with van der Waals surface area (Å²) in [4.78, 5) is 1.31. The summed E-state index contributed by atoms with van der Waals surface area (Å²) in [5.41, 5.74) is 0. The van der Waals surface area contributed by atoms with Crippen molar-refractivity contribution in [3.63, 3.8) is 0 Å². The number of nitrogens with one attached hydrogen (secondary N) is 1. The maximum atomic E-state index is 5.92. The van der Waals surface area contributed by atoms with Crippen LogP contribution in [-0.4, -0.2) is 17.8 Å². The van der Waals surface area contributed by atoms with E-state index in [1.165, 1.54) is 24.2 Å². The minimum Gasteiger partial charge on any atom is -0.313 e. The zero-order chi connectivity index (χ0) is 13.4. The standard InChI is InChI=1S/C15H24ClNS/c1-4-7-14(17-6-3)15(5-2)18-13-10-8-12(16)9-11-13/h8-11,14-15,17H,4-7H2,1-3H3. The molecule has 0 aliphatic heterocycles. The molecule has 1 rings (SSSR count). The Morgan fingerprint density at radius 1 is 1.17 bits per heavy atom. The summed E-state index contributed by atoms with van der Waals surface area (Å²) < 4.78 is 0. The molecule has 2 atom stereocenters. The summed E-state index contributed by atoms with van der Waals surface area (Å²) >= 11 is 7.89. The van der Waals surface area contributed by atoms with Crippen LogP contribution in [-0.2, 0) is 0 Å². The number of rotatable bonds is 8. The predicted octanol–water partition coefficient (Wildman–Crippen LogP) is 4.99. The highest BCUT2D eigenvalue weighted by Crippen LogP contribution is 2.29. The molecule has 0 aromatic heterocycles. The lowest BCUT2D eigenvalue weighted by Crippen LogP contribution is -2.37. The summed E-state index contributed by atoms with van der Waals surface area (Å²) in [6.07, 6.45) is 3.66. The SMILES string of the molecule is CCCC(NCC)C(CC)Sc1ccc(Cl)cc1. The molecule has 2 unspecified atom stereocenters. The summed E-state index contributed by atoms with van der Waals surface area (Å²) in [5, 5.41) is 5.06. The van der Waals surface area contributed by atoms with Crippen LogP contribution in [0.1, 0.15) is 40.0 Å². The van der Waals surface area contributed by atoms with Gasteiger partial charge in [-0.15, -0.1) is 11.8 Å². The third-order valence-electron chi connectivity index (χ3n) is 3.02. The van der Waals surface area contributed by atoms with Gasteiger partial charge in [0.1, 0.15) is 0 Å². The van der Waals surface area contributed by atoms with E-state index in [1.54, 1.807) is 0 Å². The third-order valence-corrected chi connectivity index (χ3v) is 4.78. The number of thioether (sulfide) groups is 1. The fraction of sp³-hybridized carbons (Fsp3) is 0.600. The van der Waals surface area contributed by atoms with Gasteiger partial charge < -0.3 is 5.32 Å². The van der Waals surface area contributed by atoms with Crippen LogP contribution in [0.15, 0.2) is 29.2 Å². The first-order chi connectivity index (χ1) is 8.71. The van der Waals surface area contributed by atoms with Crippen molar-refractivity contribution >= 4 is 23.4 Å². The monoisotopic (exact) mass is 285 g/mol. The van der Waals surface area contributed by atoms with Crippen molar-refractivity contribution in [2.75, 3.05) is 6.54 Å². The molecule has 1 nitrogen and oxygen atoms in total. The second kappa shape index (κ2) is 8.84. The summed E-state index contributed by atoms with van der Waals surface area (Å²) in [6.45, 7) is 7.75. The lowest BCUT2D eigenvalue weighted by molar-refractivity contribution is 0.465. The van der Waals surface area contributed by atoms with Gasteiger partial charge in [-0.3, -0.25) is 0 Å². The van der Waals surface area contributed by atoms with Gasteiger partial charge in [-0.1, -0.05) is 38.8 Å². The first kappa shape index (κ1) is 15.9. The molecule has 0 aliphatic carbocycles. The van der Waals surface area contributed by atoms with Gasteiger partial charge in [-0.2, -0.15) is 0 Å². The molecule has 0 saturated carbocycles. The molecule has 3 heteroatoms. The van der Waals surface area contributed by atoms with E-state index in [9.17, 15) is 0 Å². The van der Waals surface area contributed by atoms with Gasteiger partial charge in [0.15, 0.2) is 0 Å². The van der Waals surface area contributed by atoms with E-state index in [2.05, 4.69) is 38.2 Å². The second-order valence-electron chi connectivity index (χ2n) is 4.47. The van der Waals surface area contributed by atoms with Crippen molar-refractivity contribution in [3.05, 3.63) is 29.3 Å². The third kappa shape index (κ3) is 5.21. The highest BCUT2D eigenvalue weighted by Gasteiger charge is 2.19. The summed E-state index contributed by atoms with van der Waals surface area (Å²) in [6, 6.07) is 8.78. The average molecular weight is 286 g/mol. The van der Waals surface area contributed by atoms with Crippen molar-refractivity contribution in [2.24, 2.45) is 0 Å². The Morgan fingerprint density at radius 3 is 2.33 bits per heavy atom. The van der Waals surface area contributed by atoms with E-state index in [0.29, 0.717) is 11.3 Å². The van der Waals surface area contributed by atoms with E-state index in [-0.39, 0.29) is 0 Å². The molecule has 0 bridgehead atoms. The molecule has 0 fully saturated rings. The van der Waals surface area contributed by atoms with E-state index >= 15 is 0 Å². The fourth-order valence-electron chi connectivity index (χ4n) is 2.13. The first-order valence-electron chi connectivity index (χ1n) is 6.86. The molecule has 0 saturated heterocycles. The minimum atomic E-state index is 0.602. The van der Waals surface area contributed by atoms with Crippen molar-refractivity contribution in [1.82, 2.24) is 5.32 Å². The Hall–Kier alpha value is -0.180. The van der Waals surface area contributed by atoms with Crippen LogP contribution in [0.4, 0.5) is 0 Å². The van der Waals surface area contributed by atoms with Crippen LogP contribution < -0.4 is 5.32 Å². The maximum Gasteiger partial charge on any atom is 0.0406 e. The quantitative estimate of drug-likeness (QED) is 0.676. The van der Waals surface area contributed by atoms with E-state index in [1.807, 2.05) is 23.9 Å². The molecule has 0 aliphatic rings. The number of benzene rings is 1. The van der Waals surface area contributed by atoms with Gasteiger partial charge in [0.2, 0.25) is 0 Å². The summed E-state index contributed by atoms with van der Waals surface area (Å²) in [7, 11) is 0. The summed E-state index contributed by atoms with van der Waals surface area (Å²) in [5.74, 6) is 0. The van der Waals surface area contributed by atoms with Crippen molar-refractivity contribution < 1.29 is 0 Å². The van der Waals surface area contributed by atoms with E-state index < -0.39 is 0 Å². The predicted molar refractivity (Wildman–Crippen MR) is 83.8 cm³/mol. The molecule has 0 radical (unpaired) electrons. The van der Waals surface area contributed by atoms with Gasteiger partial charge in [0.05, 0.1) is 0 Å². The number of hydrogen-bond acceptors (Lipinski definition) is 2. The number of halogens is 1. The lowest BCUT2D eigenvalue weighted by Gasteiger charge is -2.26. The highest BCUT2D eigenvalue weighted by molar-refractivity contribution is 8.00. The lowest BCUT2D eigenvalue weighted by atomic mass is 10.1. The molecule has 0 heterocycles. The topological polar surface area (TPSA) is 12.0 Å². The second-order valence-corrected chi connectivity index (χ2v) is 6.22. The van der Waals surface area contributed by atoms with Crippen LogP contribution in [0.2, 0.25) is 5.02 Å². The Bertz CT molecular complexity index is 320. The normalized spacial score (nSPS) is 14.4. The molecule has 102 valence electrons. The molecule has 1 N–H and O–H groups in total. The highest BCUT2D eigenvalue weighted by atomic mass is 35.5. The molecule has 18 heavy (non-hydrogen) atoms. The first-order valence-corrected chi connectivity index (χ1v) is 8.12. The van der Waals surface area contributed by atoms with Gasteiger partial charge in [-0.25, -0.2) is 0 Å². The Morgan fingerprint density at radius 2 is 1.83 bits per heavy atom. The van der Waals surface area contributed by atoms with E-state index in [0.717, 1.165) is 11.6 Å². The molecule has 0 amide bonds. The van der Waals surface area contributed by atoms with Crippen LogP contribution in [0.3, 0.4) is 0 Å². The van der Waals surface area contributed by atoms with Crippen molar-refractivity contribution in [2.45, 2.75) is 56.2 Å². The Balaban J connectivity index is 2.66. The van der Waals surface area contributed by atoms with Crippen LogP contribution in [0.25, 0.3) is 0 Å². The zero-order valence-electron chi connectivity index (χ0n) is 11.6. The molecule has 1 aromatic rings. The van der Waals surface area contributed by atoms with Crippen LogP contribution in [0, 0.1) is 0 Å². The average Bonchev–Trinajstić information content (AvgIpc) is 2.38. The number of hydrogen-bond donors (Lipinski definition) is 1. The van der Waals surface area contributed by atoms with Gasteiger partial charge in [0.25, 0.3) is 0 Å². The largest absolute Gasteiger partial charge is 0.313 e. The van der Waals surface area contributed by atoms with E-state index in [4.69, 9.17) is 11.6 Å². The molecular weight excluding hydrogens is 262 g/mol. The van der Waals surface area contributed by atoms with Gasteiger partial charge in [0, 0.05) is 21.2 Å². The molecule has 1 aromatic carbocycles. The van der Waals surface area contributed by atoms with Crippen molar-refractivity contribution in [3.8, 4) is 0 Å². The maximum absolute atomic E-state index is 5.92. The van der Waals surface area contributed by atoms with Crippen LogP contribution in [0.5, 0.6) is 0 Å². The molecular formula is C15H24ClNS. The Labute approximate surface area is 121 Å². The van der Waals surface area contributed by atoms with Crippen LogP contribution >= 0.6 is 23.4 Å². The fourth-order valence-corrected chi connectivity index (χ4v) is 3.46. The van der Waals surface area contributed by atoms with Gasteiger partial charge in [-0.05, 0) is 43.7 Å².